The van der Waals surface area contributed by atoms with Crippen LogP contribution in [0.5, 0.6) is 0 Å². The molecule has 0 saturated carbocycles. The highest BCUT2D eigenvalue weighted by atomic mass is 15.4. The zero-order valence-electron chi connectivity index (χ0n) is 7.12. The molecular formula is C8H12N4. The maximum Gasteiger partial charge on any atom is 0.125 e. The minimum Gasteiger partial charge on any atom is -0.268 e. The minimum atomic E-state index is 0.773. The molecule has 0 amide bonds. The van der Waals surface area contributed by atoms with E-state index in [1.165, 1.54) is 0 Å². The van der Waals surface area contributed by atoms with Gasteiger partial charge in [0, 0.05) is 37.0 Å². The van der Waals surface area contributed by atoms with E-state index < -0.39 is 0 Å². The summed E-state index contributed by atoms with van der Waals surface area (Å²) in [5.41, 5.74) is 2.32. The first-order valence-corrected chi connectivity index (χ1v) is 4.07. The van der Waals surface area contributed by atoms with Crippen LogP contribution < -0.4 is 5.84 Å². The molecular weight excluding hydrogens is 152 g/mol. The van der Waals surface area contributed by atoms with Crippen LogP contribution in [0.1, 0.15) is 17.1 Å². The lowest BCUT2D eigenvalue weighted by Gasteiger charge is -2.23. The highest BCUT2D eigenvalue weighted by molar-refractivity contribution is 5.19. The molecule has 0 unspecified atom stereocenters. The molecule has 0 saturated heterocycles. The quantitative estimate of drug-likeness (QED) is 0.549. The third kappa shape index (κ3) is 1.31. The Morgan fingerprint density at radius 3 is 3.25 bits per heavy atom. The molecule has 4 nitrogen and oxygen atoms in total. The Balaban J connectivity index is 2.37. The Morgan fingerprint density at radius 1 is 1.58 bits per heavy atom. The number of hydrogen-bond acceptors (Lipinski definition) is 4. The Bertz CT molecular complexity index is 297. The first-order chi connectivity index (χ1) is 5.75. The van der Waals surface area contributed by atoms with Crippen molar-refractivity contribution in [2.45, 2.75) is 19.9 Å². The topological polar surface area (TPSA) is 55.0 Å². The van der Waals surface area contributed by atoms with Crippen molar-refractivity contribution in [2.75, 3.05) is 6.54 Å². The van der Waals surface area contributed by atoms with E-state index in [0.717, 1.165) is 36.6 Å². The number of aryl methyl sites for hydroxylation is 1. The van der Waals surface area contributed by atoms with E-state index in [9.17, 15) is 0 Å². The third-order valence-electron chi connectivity index (χ3n) is 2.08. The van der Waals surface area contributed by atoms with Crippen LogP contribution in [0.4, 0.5) is 0 Å². The molecule has 1 aromatic heterocycles. The van der Waals surface area contributed by atoms with E-state index in [0.29, 0.717) is 0 Å². The average Bonchev–Trinajstić information content (AvgIpc) is 2.05. The lowest BCUT2D eigenvalue weighted by atomic mass is 10.1. The van der Waals surface area contributed by atoms with E-state index >= 15 is 0 Å². The van der Waals surface area contributed by atoms with Gasteiger partial charge in [-0.2, -0.15) is 0 Å². The summed E-state index contributed by atoms with van der Waals surface area (Å²) in [5.74, 6) is 6.51. The summed E-state index contributed by atoms with van der Waals surface area (Å²) < 4.78 is 0. The van der Waals surface area contributed by atoms with Crippen LogP contribution in [-0.4, -0.2) is 21.5 Å². The molecule has 0 fully saturated rings. The fourth-order valence-corrected chi connectivity index (χ4v) is 1.44. The van der Waals surface area contributed by atoms with Gasteiger partial charge in [0.2, 0.25) is 0 Å². The van der Waals surface area contributed by atoms with Gasteiger partial charge in [-0.15, -0.1) is 0 Å². The summed E-state index contributed by atoms with van der Waals surface area (Å²) in [6.07, 6.45) is 2.81. The van der Waals surface area contributed by atoms with E-state index in [4.69, 9.17) is 5.84 Å². The van der Waals surface area contributed by atoms with Crippen LogP contribution in [0.2, 0.25) is 0 Å². The van der Waals surface area contributed by atoms with Crippen LogP contribution in [-0.2, 0) is 13.0 Å². The second-order valence-corrected chi connectivity index (χ2v) is 3.11. The zero-order chi connectivity index (χ0) is 8.55. The van der Waals surface area contributed by atoms with Crippen molar-refractivity contribution in [3.05, 3.63) is 23.3 Å². The average molecular weight is 164 g/mol. The molecule has 12 heavy (non-hydrogen) atoms. The fraction of sp³-hybridized carbons (Fsp3) is 0.500. The maximum absolute atomic E-state index is 5.67. The molecule has 0 radical (unpaired) electrons. The lowest BCUT2D eigenvalue weighted by Crippen LogP contribution is -2.36. The van der Waals surface area contributed by atoms with E-state index in [1.54, 1.807) is 5.01 Å². The molecule has 2 N–H and O–H groups in total. The van der Waals surface area contributed by atoms with Gasteiger partial charge >= 0.3 is 0 Å². The van der Waals surface area contributed by atoms with Crippen molar-refractivity contribution >= 4 is 0 Å². The van der Waals surface area contributed by atoms with Gasteiger partial charge in [0.1, 0.15) is 5.82 Å². The molecule has 0 aromatic carbocycles. The third-order valence-corrected chi connectivity index (χ3v) is 2.08. The largest absolute Gasteiger partial charge is 0.268 e. The van der Waals surface area contributed by atoms with Crippen LogP contribution >= 0.6 is 0 Å². The second kappa shape index (κ2) is 2.80. The Hall–Kier alpha value is -1.00. The summed E-state index contributed by atoms with van der Waals surface area (Å²) >= 11 is 0. The molecule has 4 heteroatoms. The smallest absolute Gasteiger partial charge is 0.125 e. The van der Waals surface area contributed by atoms with E-state index in [1.807, 2.05) is 13.1 Å². The highest BCUT2D eigenvalue weighted by Gasteiger charge is 2.14. The normalized spacial score (nSPS) is 17.5. The van der Waals surface area contributed by atoms with Gasteiger partial charge in [0.05, 0.1) is 0 Å². The number of rotatable bonds is 0. The van der Waals surface area contributed by atoms with Crippen LogP contribution in [0, 0.1) is 6.92 Å². The van der Waals surface area contributed by atoms with Crippen LogP contribution in [0.3, 0.4) is 0 Å². The van der Waals surface area contributed by atoms with Crippen molar-refractivity contribution < 1.29 is 0 Å². The van der Waals surface area contributed by atoms with Crippen molar-refractivity contribution in [1.29, 1.82) is 0 Å². The minimum absolute atomic E-state index is 0.773. The standard InChI is InChI=1S/C8H12N4/c1-6-10-4-7-5-12(9)3-2-8(7)11-6/h4H,2-3,5,9H2,1H3. The summed E-state index contributed by atoms with van der Waals surface area (Å²) in [7, 11) is 0. The summed E-state index contributed by atoms with van der Waals surface area (Å²) in [5, 5.41) is 1.79. The number of fused-ring (bicyclic) bond motifs is 1. The summed E-state index contributed by atoms with van der Waals surface area (Å²) in [6, 6.07) is 0. The van der Waals surface area contributed by atoms with Gasteiger partial charge < -0.3 is 0 Å². The van der Waals surface area contributed by atoms with Crippen molar-refractivity contribution in [2.24, 2.45) is 5.84 Å². The van der Waals surface area contributed by atoms with Gasteiger partial charge in [-0.05, 0) is 6.92 Å². The molecule has 1 aliphatic rings. The molecule has 0 aliphatic carbocycles. The van der Waals surface area contributed by atoms with Gasteiger partial charge in [0.15, 0.2) is 0 Å². The van der Waals surface area contributed by atoms with Crippen LogP contribution in [0.15, 0.2) is 6.20 Å². The maximum atomic E-state index is 5.67. The van der Waals surface area contributed by atoms with E-state index in [-0.39, 0.29) is 0 Å². The number of nitrogens with zero attached hydrogens (tertiary/aromatic N) is 3. The Morgan fingerprint density at radius 2 is 2.42 bits per heavy atom. The number of aromatic nitrogens is 2. The van der Waals surface area contributed by atoms with Gasteiger partial charge in [-0.1, -0.05) is 0 Å². The SMILES string of the molecule is Cc1ncc2c(n1)CCN(N)C2. The predicted molar refractivity (Wildman–Crippen MR) is 45.1 cm³/mol. The second-order valence-electron chi connectivity index (χ2n) is 3.11. The Kier molecular flexibility index (Phi) is 1.78. The van der Waals surface area contributed by atoms with Gasteiger partial charge in [0.25, 0.3) is 0 Å². The molecule has 1 aromatic rings. The van der Waals surface area contributed by atoms with Gasteiger partial charge in [-0.3, -0.25) is 5.84 Å². The first kappa shape index (κ1) is 7.64. The molecule has 2 rings (SSSR count). The van der Waals surface area contributed by atoms with Crippen LogP contribution in [0.25, 0.3) is 0 Å². The Labute approximate surface area is 71.4 Å². The van der Waals surface area contributed by atoms with Crippen molar-refractivity contribution in [3.8, 4) is 0 Å². The van der Waals surface area contributed by atoms with Crippen molar-refractivity contribution in [1.82, 2.24) is 15.0 Å². The highest BCUT2D eigenvalue weighted by Crippen LogP contribution is 2.13. The molecule has 0 bridgehead atoms. The number of hydrazine groups is 1. The van der Waals surface area contributed by atoms with E-state index in [2.05, 4.69) is 9.97 Å². The summed E-state index contributed by atoms with van der Waals surface area (Å²) in [6.45, 7) is 3.58. The number of hydrogen-bond donors (Lipinski definition) is 1. The number of nitrogens with two attached hydrogens (primary N) is 1. The lowest BCUT2D eigenvalue weighted by molar-refractivity contribution is 0.259. The molecule has 0 spiro atoms. The first-order valence-electron chi connectivity index (χ1n) is 4.07. The molecule has 64 valence electrons. The molecule has 1 aliphatic heterocycles. The molecule has 2 heterocycles. The molecule has 0 atom stereocenters. The fourth-order valence-electron chi connectivity index (χ4n) is 1.44. The summed E-state index contributed by atoms with van der Waals surface area (Å²) in [4.78, 5) is 8.49. The van der Waals surface area contributed by atoms with Gasteiger partial charge in [-0.25, -0.2) is 15.0 Å². The predicted octanol–water partition coefficient (Wildman–Crippen LogP) is 0.0168. The van der Waals surface area contributed by atoms with Crippen molar-refractivity contribution in [3.63, 3.8) is 0 Å². The monoisotopic (exact) mass is 164 g/mol. The zero-order valence-corrected chi connectivity index (χ0v) is 7.12.